The molecule has 0 spiro atoms. The Hall–Kier alpha value is -2.54. The van der Waals surface area contributed by atoms with Crippen LogP contribution >= 0.6 is 0 Å². The number of H-pyrrole nitrogens is 1. The molecule has 0 radical (unpaired) electrons. The van der Waals surface area contributed by atoms with Crippen LogP contribution in [0.2, 0.25) is 0 Å². The van der Waals surface area contributed by atoms with Crippen molar-refractivity contribution in [3.05, 3.63) is 45.8 Å². The molecule has 2 aromatic heterocycles. The van der Waals surface area contributed by atoms with E-state index in [0.29, 0.717) is 29.8 Å². The number of ether oxygens (including phenoxy) is 1. The number of aromatic amines is 1. The summed E-state index contributed by atoms with van der Waals surface area (Å²) in [6.45, 7) is 6.35. The van der Waals surface area contributed by atoms with Gasteiger partial charge in [0.2, 0.25) is 5.56 Å². The zero-order valence-corrected chi connectivity index (χ0v) is 14.4. The van der Waals surface area contributed by atoms with Crippen LogP contribution in [-0.4, -0.2) is 27.8 Å². The molecule has 0 bridgehead atoms. The summed E-state index contributed by atoms with van der Waals surface area (Å²) in [6.07, 6.45) is 1.55. The molecule has 0 fully saturated rings. The van der Waals surface area contributed by atoms with Crippen molar-refractivity contribution in [3.63, 3.8) is 0 Å². The summed E-state index contributed by atoms with van der Waals surface area (Å²) >= 11 is 0. The van der Waals surface area contributed by atoms with Crippen LogP contribution in [0.1, 0.15) is 31.7 Å². The maximum Gasteiger partial charge on any atom is 0.258 e. The fraction of sp³-hybridized carbons (Fsp3) is 0.389. The van der Waals surface area contributed by atoms with Gasteiger partial charge in [-0.2, -0.15) is 4.98 Å². The zero-order chi connectivity index (χ0) is 18.0. The molecule has 0 atom stereocenters. The molecule has 2 heterocycles. The van der Waals surface area contributed by atoms with Crippen LogP contribution in [-0.2, 0) is 11.2 Å². The lowest BCUT2D eigenvalue weighted by atomic mass is 10.1. The Morgan fingerprint density at radius 1 is 1.32 bits per heavy atom. The molecular weight excluding hydrogens is 325 g/mol. The van der Waals surface area contributed by atoms with Crippen LogP contribution in [0.5, 0.6) is 0 Å². The predicted octanol–water partition coefficient (Wildman–Crippen LogP) is 3.38. The quantitative estimate of drug-likeness (QED) is 0.693. The highest BCUT2D eigenvalue weighted by Gasteiger charge is 2.16. The average Bonchev–Trinajstić information content (AvgIpc) is 3.00. The molecule has 0 unspecified atom stereocenters. The lowest BCUT2D eigenvalue weighted by Crippen LogP contribution is -2.06. The number of aromatic nitrogens is 3. The second-order valence-corrected chi connectivity index (χ2v) is 6.26. The third-order valence-electron chi connectivity index (χ3n) is 3.74. The Kier molecular flexibility index (Phi) is 4.94. The smallest absolute Gasteiger partial charge is 0.258 e. The van der Waals surface area contributed by atoms with Crippen LogP contribution in [0.15, 0.2) is 27.5 Å². The number of hydrogen-bond acceptors (Lipinski definition) is 5. The van der Waals surface area contributed by atoms with Crippen molar-refractivity contribution in [1.82, 2.24) is 15.1 Å². The van der Waals surface area contributed by atoms with Crippen molar-refractivity contribution in [2.24, 2.45) is 0 Å². The number of benzene rings is 1. The first-order valence-electron chi connectivity index (χ1n) is 8.22. The third-order valence-corrected chi connectivity index (χ3v) is 3.74. The number of aryl methyl sites for hydroxylation is 2. The first kappa shape index (κ1) is 17.3. The van der Waals surface area contributed by atoms with E-state index in [1.807, 2.05) is 13.8 Å². The van der Waals surface area contributed by atoms with E-state index in [1.165, 1.54) is 12.1 Å². The second-order valence-electron chi connectivity index (χ2n) is 6.26. The van der Waals surface area contributed by atoms with Crippen molar-refractivity contribution in [2.75, 3.05) is 6.61 Å². The lowest BCUT2D eigenvalue weighted by molar-refractivity contribution is 0.0768. The molecule has 3 rings (SSSR count). The van der Waals surface area contributed by atoms with Crippen LogP contribution in [0.25, 0.3) is 22.4 Å². The van der Waals surface area contributed by atoms with Crippen molar-refractivity contribution in [1.29, 1.82) is 0 Å². The van der Waals surface area contributed by atoms with Gasteiger partial charge in [0.05, 0.1) is 17.2 Å². The third kappa shape index (κ3) is 3.93. The summed E-state index contributed by atoms with van der Waals surface area (Å²) in [5.41, 5.74) is 0.885. The van der Waals surface area contributed by atoms with Crippen molar-refractivity contribution in [2.45, 2.75) is 39.7 Å². The van der Waals surface area contributed by atoms with E-state index in [4.69, 9.17) is 9.26 Å². The highest BCUT2D eigenvalue weighted by atomic mass is 19.1. The van der Waals surface area contributed by atoms with Crippen LogP contribution in [0, 0.1) is 12.7 Å². The topological polar surface area (TPSA) is 81.0 Å². The second kappa shape index (κ2) is 7.14. The van der Waals surface area contributed by atoms with E-state index in [2.05, 4.69) is 15.1 Å². The Bertz CT molecular complexity index is 946. The van der Waals surface area contributed by atoms with E-state index in [1.54, 1.807) is 13.0 Å². The van der Waals surface area contributed by atoms with Gasteiger partial charge in [-0.3, -0.25) is 4.79 Å². The minimum atomic E-state index is -0.487. The van der Waals surface area contributed by atoms with Gasteiger partial charge in [0, 0.05) is 24.5 Å². The van der Waals surface area contributed by atoms with Gasteiger partial charge in [-0.1, -0.05) is 5.16 Å². The summed E-state index contributed by atoms with van der Waals surface area (Å²) < 4.78 is 24.9. The molecule has 0 aliphatic rings. The summed E-state index contributed by atoms with van der Waals surface area (Å²) in [5, 5.41) is 4.48. The number of rotatable bonds is 6. The van der Waals surface area contributed by atoms with Crippen LogP contribution in [0.4, 0.5) is 4.39 Å². The normalized spacial score (nSPS) is 11.6. The molecule has 0 amide bonds. The molecule has 6 nitrogen and oxygen atoms in total. The first-order valence-corrected chi connectivity index (χ1v) is 8.22. The maximum absolute atomic E-state index is 14.1. The summed E-state index contributed by atoms with van der Waals surface area (Å²) in [5.74, 6) is 0.254. The van der Waals surface area contributed by atoms with E-state index in [-0.39, 0.29) is 17.5 Å². The van der Waals surface area contributed by atoms with Gasteiger partial charge in [0.15, 0.2) is 5.82 Å². The molecule has 3 aromatic rings. The molecule has 1 aromatic carbocycles. The van der Waals surface area contributed by atoms with Gasteiger partial charge < -0.3 is 14.2 Å². The highest BCUT2D eigenvalue weighted by Crippen LogP contribution is 2.27. The summed E-state index contributed by atoms with van der Waals surface area (Å²) in [4.78, 5) is 18.7. The largest absolute Gasteiger partial charge is 0.379 e. The molecule has 0 aliphatic heterocycles. The monoisotopic (exact) mass is 345 g/mol. The average molecular weight is 345 g/mol. The van der Waals surface area contributed by atoms with Crippen molar-refractivity contribution < 1.29 is 13.7 Å². The molecule has 132 valence electrons. The fourth-order valence-electron chi connectivity index (χ4n) is 2.64. The van der Waals surface area contributed by atoms with Crippen molar-refractivity contribution >= 4 is 10.9 Å². The van der Waals surface area contributed by atoms with Gasteiger partial charge in [-0.25, -0.2) is 4.39 Å². The van der Waals surface area contributed by atoms with Gasteiger partial charge in [-0.05, 0) is 44.9 Å². The number of fused-ring (bicyclic) bond motifs is 1. The molecule has 0 saturated heterocycles. The van der Waals surface area contributed by atoms with Crippen molar-refractivity contribution in [3.8, 4) is 11.5 Å². The predicted molar refractivity (Wildman–Crippen MR) is 92.0 cm³/mol. The Morgan fingerprint density at radius 2 is 2.12 bits per heavy atom. The number of pyridine rings is 1. The Labute approximate surface area is 144 Å². The molecule has 7 heteroatoms. The fourth-order valence-corrected chi connectivity index (χ4v) is 2.64. The Morgan fingerprint density at radius 3 is 2.88 bits per heavy atom. The van der Waals surface area contributed by atoms with Gasteiger partial charge >= 0.3 is 0 Å². The highest BCUT2D eigenvalue weighted by molar-refractivity contribution is 5.92. The molecule has 1 N–H and O–H groups in total. The number of hydrogen-bond donors (Lipinski definition) is 1. The van der Waals surface area contributed by atoms with Gasteiger partial charge in [0.1, 0.15) is 5.82 Å². The molecule has 0 aliphatic carbocycles. The minimum absolute atomic E-state index is 0.137. The van der Waals surface area contributed by atoms with E-state index in [0.717, 1.165) is 12.0 Å². The molecular formula is C18H20FN3O3. The zero-order valence-electron chi connectivity index (χ0n) is 14.4. The SMILES string of the molecule is Cc1cc(F)c2[nH]c(=O)cc(-c3nc(CCCOC(C)C)no3)c2c1. The van der Waals surface area contributed by atoms with E-state index < -0.39 is 11.4 Å². The molecule has 25 heavy (non-hydrogen) atoms. The van der Waals surface area contributed by atoms with Crippen LogP contribution in [0.3, 0.4) is 0 Å². The van der Waals surface area contributed by atoms with Crippen LogP contribution < -0.4 is 5.56 Å². The molecule has 0 saturated carbocycles. The lowest BCUT2D eigenvalue weighted by Gasteiger charge is -2.05. The number of halogens is 1. The summed E-state index contributed by atoms with van der Waals surface area (Å²) in [7, 11) is 0. The summed E-state index contributed by atoms with van der Waals surface area (Å²) in [6, 6.07) is 4.50. The number of nitrogens with zero attached hydrogens (tertiary/aromatic N) is 2. The standard InChI is InChI=1S/C18H20FN3O3/c1-10(2)24-6-4-5-15-20-18(25-22-15)13-9-16(23)21-17-12(13)7-11(3)8-14(17)19/h7-10H,4-6H2,1-3H3,(H,21,23). The van der Waals surface area contributed by atoms with E-state index >= 15 is 0 Å². The van der Waals surface area contributed by atoms with Gasteiger partial charge in [-0.15, -0.1) is 0 Å². The minimum Gasteiger partial charge on any atom is -0.379 e. The first-order chi connectivity index (χ1) is 11.9. The Balaban J connectivity index is 1.91. The van der Waals surface area contributed by atoms with Gasteiger partial charge in [0.25, 0.3) is 5.89 Å². The maximum atomic E-state index is 14.1. The van der Waals surface area contributed by atoms with E-state index in [9.17, 15) is 9.18 Å². The number of nitrogens with one attached hydrogen (secondary N) is 1.